The Balaban J connectivity index is 2.58. The van der Waals surface area contributed by atoms with Crippen molar-refractivity contribution in [3.63, 3.8) is 0 Å². The first-order chi connectivity index (χ1) is 32.0. The van der Waals surface area contributed by atoms with Gasteiger partial charge < -0.3 is 0 Å². The molecule has 3 nitrogen and oxygen atoms in total. The Hall–Kier alpha value is -0.403. The molecule has 0 aliphatic heterocycles. The van der Waals surface area contributed by atoms with Crippen LogP contribution >= 0.6 is 0 Å². The summed E-state index contributed by atoms with van der Waals surface area (Å²) in [6.45, 7) is 14.0. The van der Waals surface area contributed by atoms with E-state index in [4.69, 9.17) is 7.56 Å². The molecule has 0 amide bonds. The van der Waals surface area contributed by atoms with Gasteiger partial charge in [-0.3, -0.25) is 0 Å². The molecule has 65 heavy (non-hydrogen) atoms. The van der Waals surface area contributed by atoms with Gasteiger partial charge in [-0.25, -0.2) is 0 Å². The number of rotatable bonds is 48. The second kappa shape index (κ2) is 42.5. The van der Waals surface area contributed by atoms with Gasteiger partial charge in [-0.05, 0) is 0 Å². The summed E-state index contributed by atoms with van der Waals surface area (Å²) >= 11 is -7.67. The molecule has 0 aliphatic rings. The maximum atomic E-state index is 8.40. The summed E-state index contributed by atoms with van der Waals surface area (Å²) in [5.41, 5.74) is 2.92. The minimum absolute atomic E-state index is 1.09. The summed E-state index contributed by atoms with van der Waals surface area (Å²) in [7, 11) is 0. The monoisotopic (exact) mass is 1120 g/mol. The average molecular weight is 1120 g/mol. The van der Waals surface area contributed by atoms with Crippen LogP contribution in [-0.4, -0.2) is 38.4 Å². The topological polar surface area (TPSA) is 27.7 Å². The molecule has 0 N–H and O–H groups in total. The molecule has 0 radical (unpaired) electrons. The molecule has 0 saturated heterocycles. The van der Waals surface area contributed by atoms with E-state index in [9.17, 15) is 0 Å². The average Bonchev–Trinajstić information content (AvgIpc) is 3.32. The van der Waals surface area contributed by atoms with E-state index in [2.05, 4.69) is 90.1 Å². The van der Waals surface area contributed by atoms with Crippen molar-refractivity contribution in [2.75, 3.05) is 0 Å². The Bertz CT molecular complexity index is 1160. The molecule has 5 heteroatoms. The van der Waals surface area contributed by atoms with Gasteiger partial charge in [0, 0.05) is 0 Å². The summed E-state index contributed by atoms with van der Waals surface area (Å²) < 4.78 is 28.6. The van der Waals surface area contributed by atoms with Gasteiger partial charge in [0.2, 0.25) is 0 Å². The van der Waals surface area contributed by atoms with E-state index in [1.807, 2.05) is 0 Å². The molecule has 376 valence electrons. The molecular weight excluding hydrogens is 1010 g/mol. The zero-order valence-corrected chi connectivity index (χ0v) is 50.3. The summed E-state index contributed by atoms with van der Waals surface area (Å²) in [6.07, 6.45) is 50.1. The van der Waals surface area contributed by atoms with Crippen LogP contribution in [0.4, 0.5) is 0 Å². The molecule has 2 aromatic rings. The summed E-state index contributed by atoms with van der Waals surface area (Å²) in [5.74, 6) is 2.17. The molecule has 0 aliphatic carbocycles. The van der Waals surface area contributed by atoms with Crippen molar-refractivity contribution in [1.29, 1.82) is 0 Å². The minimum atomic E-state index is -3.84. The van der Waals surface area contributed by atoms with Gasteiger partial charge in [0.05, 0.1) is 0 Å². The van der Waals surface area contributed by atoms with E-state index in [0.717, 1.165) is 11.5 Å². The Morgan fingerprint density at radius 2 is 0.477 bits per heavy atom. The van der Waals surface area contributed by atoms with Crippen molar-refractivity contribution in [3.05, 3.63) is 59.7 Å². The predicted molar refractivity (Wildman–Crippen MR) is 294 cm³/mol. The fourth-order valence-corrected chi connectivity index (χ4v) is 50.4. The summed E-state index contributed by atoms with van der Waals surface area (Å²) in [4.78, 5) is 0. The number of benzene rings is 2. The molecule has 0 heterocycles. The maximum absolute atomic E-state index is 8.40. The molecular formula is C60H110O3Sn2. The van der Waals surface area contributed by atoms with Crippen LogP contribution < -0.4 is 6.15 Å². The molecule has 0 bridgehead atoms. The van der Waals surface area contributed by atoms with Gasteiger partial charge in [-0.2, -0.15) is 0 Å². The van der Waals surface area contributed by atoms with Gasteiger partial charge in [0.25, 0.3) is 0 Å². The van der Waals surface area contributed by atoms with Crippen LogP contribution in [-0.2, 0) is 14.3 Å². The Morgan fingerprint density at radius 1 is 0.262 bits per heavy atom. The summed E-state index contributed by atoms with van der Waals surface area (Å²) in [5, 5.41) is 0. The third-order valence-corrected chi connectivity index (χ3v) is 46.7. The molecule has 0 aromatic heterocycles. The van der Waals surface area contributed by atoms with Crippen molar-refractivity contribution in [3.8, 4) is 11.5 Å². The SMILES string of the molecule is CCCCCCCCc1ccc([O][Sn]([CH2]CCCCCCC)([CH2]CCCCCCC)[O][Sn]([CH2]CCCCCCC)([CH2]CCCCCCC)[O]c2ccc(CCCCCCCC)cc2)cc1. The van der Waals surface area contributed by atoms with E-state index in [1.165, 1.54) is 273 Å². The van der Waals surface area contributed by atoms with E-state index < -0.39 is 38.4 Å². The molecule has 0 atom stereocenters. The second-order valence-electron chi connectivity index (χ2n) is 20.5. The van der Waals surface area contributed by atoms with Crippen LogP contribution in [0.5, 0.6) is 11.5 Å². The van der Waals surface area contributed by atoms with Gasteiger partial charge in [-0.1, -0.05) is 13.8 Å². The Kier molecular flexibility index (Phi) is 39.7. The van der Waals surface area contributed by atoms with Crippen LogP contribution in [0.15, 0.2) is 48.5 Å². The van der Waals surface area contributed by atoms with Gasteiger partial charge in [-0.15, -0.1) is 0 Å². The van der Waals surface area contributed by atoms with Crippen LogP contribution in [0.25, 0.3) is 0 Å². The number of hydrogen-bond donors (Lipinski definition) is 0. The van der Waals surface area contributed by atoms with E-state index >= 15 is 0 Å². The first kappa shape index (κ1) is 60.7. The molecule has 0 saturated carbocycles. The van der Waals surface area contributed by atoms with Crippen molar-refractivity contribution in [2.45, 2.75) is 303 Å². The predicted octanol–water partition coefficient (Wildman–Crippen LogP) is 21.3. The molecule has 0 unspecified atom stereocenters. The molecule has 2 aromatic carbocycles. The normalized spacial score (nSPS) is 12.0. The Labute approximate surface area is 417 Å². The zero-order chi connectivity index (χ0) is 46.8. The van der Waals surface area contributed by atoms with Gasteiger partial charge in [0.1, 0.15) is 0 Å². The zero-order valence-electron chi connectivity index (χ0n) is 44.5. The molecule has 0 fully saturated rings. The van der Waals surface area contributed by atoms with Crippen LogP contribution in [0.2, 0.25) is 17.7 Å². The second-order valence-corrected chi connectivity index (χ2v) is 42.3. The van der Waals surface area contributed by atoms with Crippen molar-refractivity contribution < 1.29 is 7.56 Å². The molecule has 0 spiro atoms. The number of aryl methyl sites for hydroxylation is 2. The van der Waals surface area contributed by atoms with Gasteiger partial charge in [0.15, 0.2) is 0 Å². The fraction of sp³-hybridized carbons (Fsp3) is 0.800. The Morgan fingerprint density at radius 3 is 0.723 bits per heavy atom. The third kappa shape index (κ3) is 31.4. The fourth-order valence-electron chi connectivity index (χ4n) is 9.83. The van der Waals surface area contributed by atoms with Crippen molar-refractivity contribution in [1.82, 2.24) is 0 Å². The first-order valence-electron chi connectivity index (χ1n) is 29.2. The number of unbranched alkanes of at least 4 members (excludes halogenated alkanes) is 30. The van der Waals surface area contributed by atoms with E-state index in [-0.39, 0.29) is 0 Å². The van der Waals surface area contributed by atoms with E-state index in [1.54, 1.807) is 0 Å². The quantitative estimate of drug-likeness (QED) is 0.0488. The first-order valence-corrected chi connectivity index (χ1v) is 42.0. The van der Waals surface area contributed by atoms with Gasteiger partial charge >= 0.3 is 407 Å². The van der Waals surface area contributed by atoms with Crippen LogP contribution in [0.1, 0.15) is 284 Å². The van der Waals surface area contributed by atoms with Crippen LogP contribution in [0, 0.1) is 0 Å². The number of hydrogen-bond acceptors (Lipinski definition) is 3. The van der Waals surface area contributed by atoms with Crippen molar-refractivity contribution >= 4 is 38.4 Å². The van der Waals surface area contributed by atoms with Crippen molar-refractivity contribution in [2.24, 2.45) is 0 Å². The van der Waals surface area contributed by atoms with E-state index in [0.29, 0.717) is 0 Å². The molecule has 2 rings (SSSR count). The van der Waals surface area contributed by atoms with Crippen LogP contribution in [0.3, 0.4) is 0 Å². The third-order valence-electron chi connectivity index (χ3n) is 14.1. The summed E-state index contributed by atoms with van der Waals surface area (Å²) in [6, 6.07) is 18.9. The standard InChI is InChI=1S/2C14H22O.4C8H17.O.2Sn/c2*1-2-3-4-5-6-7-8-13-9-11-14(15)12-10-13;4*1-3-5-7-8-6-4-2;;;/h2*9-12,15H,2-8H2,1H3;4*1,3-8H2,2H3;;;/q;;;;;;;2*+1/p-2.